The highest BCUT2D eigenvalue weighted by Crippen LogP contribution is 2.28. The number of benzene rings is 1. The predicted molar refractivity (Wildman–Crippen MR) is 74.3 cm³/mol. The van der Waals surface area contributed by atoms with Gasteiger partial charge in [0.05, 0.1) is 4.47 Å². The molecule has 5 heteroatoms. The van der Waals surface area contributed by atoms with Crippen LogP contribution in [0.25, 0.3) is 0 Å². The Hall–Kier alpha value is -0.100. The van der Waals surface area contributed by atoms with Crippen molar-refractivity contribution in [1.29, 1.82) is 0 Å². The van der Waals surface area contributed by atoms with Crippen molar-refractivity contribution in [3.8, 4) is 0 Å². The Bertz CT molecular complexity index is 383. The Labute approximate surface area is 114 Å². The van der Waals surface area contributed by atoms with Gasteiger partial charge in [0, 0.05) is 6.04 Å². The molecule has 1 aromatic carbocycles. The molecular formula is C12H16BrFN2S. The van der Waals surface area contributed by atoms with Gasteiger partial charge >= 0.3 is 0 Å². The number of hydrogen-bond donors (Lipinski definition) is 2. The molecule has 1 saturated heterocycles. The molecule has 2 nitrogen and oxygen atoms in total. The Balaban J connectivity index is 2.04. The van der Waals surface area contributed by atoms with Gasteiger partial charge in [0.2, 0.25) is 0 Å². The van der Waals surface area contributed by atoms with Crippen molar-refractivity contribution in [2.24, 2.45) is 11.8 Å². The molecule has 0 spiro atoms. The minimum Gasteiger partial charge on any atom is -0.271 e. The number of nitrogens with two attached hydrogens (primary N) is 1. The maximum Gasteiger partial charge on any atom is 0.137 e. The Morgan fingerprint density at radius 3 is 3.00 bits per heavy atom. The summed E-state index contributed by atoms with van der Waals surface area (Å²) in [7, 11) is 0. The molecule has 0 aliphatic carbocycles. The van der Waals surface area contributed by atoms with Gasteiger partial charge in [-0.15, -0.1) is 0 Å². The van der Waals surface area contributed by atoms with Crippen LogP contribution in [0, 0.1) is 11.7 Å². The van der Waals surface area contributed by atoms with E-state index in [1.807, 2.05) is 23.9 Å². The fourth-order valence-electron chi connectivity index (χ4n) is 2.15. The van der Waals surface area contributed by atoms with Crippen LogP contribution < -0.4 is 11.3 Å². The van der Waals surface area contributed by atoms with E-state index >= 15 is 0 Å². The third-order valence-corrected chi connectivity index (χ3v) is 4.98. The lowest BCUT2D eigenvalue weighted by Gasteiger charge is -2.22. The number of thioether (sulfide) groups is 1. The lowest BCUT2D eigenvalue weighted by molar-refractivity contribution is 0.386. The maximum absolute atomic E-state index is 13.1. The smallest absolute Gasteiger partial charge is 0.137 e. The molecule has 1 aromatic rings. The van der Waals surface area contributed by atoms with Crippen LogP contribution in [0.3, 0.4) is 0 Å². The van der Waals surface area contributed by atoms with E-state index in [4.69, 9.17) is 5.84 Å². The van der Waals surface area contributed by atoms with E-state index in [0.29, 0.717) is 10.4 Å². The van der Waals surface area contributed by atoms with Crippen LogP contribution >= 0.6 is 27.7 Å². The second-order valence-corrected chi connectivity index (χ2v) is 6.35. The van der Waals surface area contributed by atoms with Gasteiger partial charge < -0.3 is 0 Å². The zero-order chi connectivity index (χ0) is 12.3. The first-order chi connectivity index (χ1) is 8.20. The second-order valence-electron chi connectivity index (χ2n) is 4.35. The zero-order valence-electron chi connectivity index (χ0n) is 9.46. The van der Waals surface area contributed by atoms with Gasteiger partial charge in [-0.05, 0) is 63.9 Å². The highest BCUT2D eigenvalue weighted by atomic mass is 79.9. The maximum atomic E-state index is 13.1. The molecule has 0 bridgehead atoms. The molecule has 94 valence electrons. The largest absolute Gasteiger partial charge is 0.271 e. The van der Waals surface area contributed by atoms with E-state index in [1.165, 1.54) is 18.2 Å². The number of halogens is 2. The van der Waals surface area contributed by atoms with Gasteiger partial charge in [-0.25, -0.2) is 4.39 Å². The Morgan fingerprint density at radius 2 is 2.41 bits per heavy atom. The highest BCUT2D eigenvalue weighted by molar-refractivity contribution is 9.10. The first kappa shape index (κ1) is 13.3. The van der Waals surface area contributed by atoms with Crippen LogP contribution in [-0.2, 0) is 6.42 Å². The molecule has 2 atom stereocenters. The molecule has 0 saturated carbocycles. The topological polar surface area (TPSA) is 38.0 Å². The quantitative estimate of drug-likeness (QED) is 0.662. The van der Waals surface area contributed by atoms with Crippen LogP contribution in [0.4, 0.5) is 4.39 Å². The van der Waals surface area contributed by atoms with Crippen LogP contribution in [-0.4, -0.2) is 17.5 Å². The molecule has 0 amide bonds. The monoisotopic (exact) mass is 318 g/mol. The third-order valence-electron chi connectivity index (χ3n) is 3.19. The predicted octanol–water partition coefficient (Wildman–Crippen LogP) is 2.72. The van der Waals surface area contributed by atoms with Crippen LogP contribution in [0.15, 0.2) is 22.7 Å². The van der Waals surface area contributed by atoms with Crippen LogP contribution in [0.2, 0.25) is 0 Å². The summed E-state index contributed by atoms with van der Waals surface area (Å²) < 4.78 is 13.6. The summed E-state index contributed by atoms with van der Waals surface area (Å²) in [5, 5.41) is 0. The van der Waals surface area contributed by atoms with Crippen molar-refractivity contribution in [3.63, 3.8) is 0 Å². The number of hydrazine groups is 1. The normalized spacial score (nSPS) is 21.7. The first-order valence-electron chi connectivity index (χ1n) is 5.68. The van der Waals surface area contributed by atoms with Gasteiger partial charge in [0.15, 0.2) is 0 Å². The van der Waals surface area contributed by atoms with E-state index in [-0.39, 0.29) is 11.9 Å². The lowest BCUT2D eigenvalue weighted by atomic mass is 9.93. The minimum absolute atomic E-state index is 0.220. The van der Waals surface area contributed by atoms with E-state index in [9.17, 15) is 4.39 Å². The molecule has 17 heavy (non-hydrogen) atoms. The molecule has 2 rings (SSSR count). The van der Waals surface area contributed by atoms with Crippen molar-refractivity contribution in [1.82, 2.24) is 5.43 Å². The Morgan fingerprint density at radius 1 is 1.59 bits per heavy atom. The van der Waals surface area contributed by atoms with Gasteiger partial charge in [-0.1, -0.05) is 6.07 Å². The van der Waals surface area contributed by atoms with E-state index in [1.54, 1.807) is 0 Å². The lowest BCUT2D eigenvalue weighted by Crippen LogP contribution is -2.42. The average molecular weight is 319 g/mol. The summed E-state index contributed by atoms with van der Waals surface area (Å²) in [4.78, 5) is 0. The zero-order valence-corrected chi connectivity index (χ0v) is 11.9. The second kappa shape index (κ2) is 6.18. The van der Waals surface area contributed by atoms with E-state index in [2.05, 4.69) is 21.4 Å². The van der Waals surface area contributed by atoms with Crippen molar-refractivity contribution in [2.45, 2.75) is 18.9 Å². The average Bonchev–Trinajstić information content (AvgIpc) is 2.84. The van der Waals surface area contributed by atoms with Crippen molar-refractivity contribution >= 4 is 27.7 Å². The molecule has 0 aromatic heterocycles. The van der Waals surface area contributed by atoms with Crippen molar-refractivity contribution in [3.05, 3.63) is 34.1 Å². The molecule has 1 aliphatic heterocycles. The first-order valence-corrected chi connectivity index (χ1v) is 7.63. The minimum atomic E-state index is -0.220. The fraction of sp³-hybridized carbons (Fsp3) is 0.500. The molecule has 1 aliphatic rings. The fourth-order valence-corrected chi connectivity index (χ4v) is 3.92. The molecule has 2 unspecified atom stereocenters. The van der Waals surface area contributed by atoms with Crippen molar-refractivity contribution in [2.75, 3.05) is 11.5 Å². The van der Waals surface area contributed by atoms with Crippen LogP contribution in [0.1, 0.15) is 12.0 Å². The van der Waals surface area contributed by atoms with E-state index < -0.39 is 0 Å². The van der Waals surface area contributed by atoms with Gasteiger partial charge in [0.1, 0.15) is 5.82 Å². The number of hydrogen-bond acceptors (Lipinski definition) is 3. The summed E-state index contributed by atoms with van der Waals surface area (Å²) in [5.74, 6) is 8.40. The SMILES string of the molecule is NNC(Cc1ccc(F)c(Br)c1)C1CCSC1. The number of nitrogens with one attached hydrogen (secondary N) is 1. The molecule has 3 N–H and O–H groups in total. The van der Waals surface area contributed by atoms with E-state index in [0.717, 1.165) is 17.7 Å². The molecule has 1 fully saturated rings. The molecule has 0 radical (unpaired) electrons. The van der Waals surface area contributed by atoms with Gasteiger partial charge in [0.25, 0.3) is 0 Å². The van der Waals surface area contributed by atoms with Gasteiger partial charge in [-0.2, -0.15) is 11.8 Å². The van der Waals surface area contributed by atoms with Gasteiger partial charge in [-0.3, -0.25) is 11.3 Å². The summed E-state index contributed by atoms with van der Waals surface area (Å²) in [6.45, 7) is 0. The van der Waals surface area contributed by atoms with Crippen LogP contribution in [0.5, 0.6) is 0 Å². The molecular weight excluding hydrogens is 303 g/mol. The van der Waals surface area contributed by atoms with Crippen molar-refractivity contribution < 1.29 is 4.39 Å². The summed E-state index contributed by atoms with van der Waals surface area (Å²) in [6.07, 6.45) is 2.06. The Kier molecular flexibility index (Phi) is 4.85. The summed E-state index contributed by atoms with van der Waals surface area (Å²) in [5.41, 5.74) is 4.01. The highest BCUT2D eigenvalue weighted by Gasteiger charge is 2.24. The number of rotatable bonds is 4. The molecule has 1 heterocycles. The summed E-state index contributed by atoms with van der Waals surface area (Å²) >= 11 is 5.19. The summed E-state index contributed by atoms with van der Waals surface area (Å²) in [6, 6.07) is 5.44. The third kappa shape index (κ3) is 3.44. The standard InChI is InChI=1S/C12H16BrFN2S/c13-10-5-8(1-2-11(10)14)6-12(16-15)9-3-4-17-7-9/h1-2,5,9,12,16H,3-4,6-7,15H2.